The van der Waals surface area contributed by atoms with Gasteiger partial charge in [0.2, 0.25) is 5.88 Å². The van der Waals surface area contributed by atoms with Crippen molar-refractivity contribution in [3.05, 3.63) is 46.0 Å². The fourth-order valence-corrected chi connectivity index (χ4v) is 2.87. The number of aromatic amines is 1. The van der Waals surface area contributed by atoms with Crippen molar-refractivity contribution in [1.29, 1.82) is 0 Å². The maximum Gasteiger partial charge on any atom is 0.329 e. The lowest BCUT2D eigenvalue weighted by Gasteiger charge is -2.19. The second kappa shape index (κ2) is 7.89. The van der Waals surface area contributed by atoms with E-state index in [0.717, 1.165) is 15.9 Å². The van der Waals surface area contributed by atoms with Crippen LogP contribution in [0.4, 0.5) is 0 Å². The van der Waals surface area contributed by atoms with Crippen LogP contribution in [0.3, 0.4) is 0 Å². The van der Waals surface area contributed by atoms with Gasteiger partial charge in [-0.2, -0.15) is 0 Å². The maximum absolute atomic E-state index is 12.2. The lowest BCUT2D eigenvalue weighted by Crippen LogP contribution is -2.37. The summed E-state index contributed by atoms with van der Waals surface area (Å²) in [6, 6.07) is 6.46. The van der Waals surface area contributed by atoms with Crippen LogP contribution in [0.15, 0.2) is 29.1 Å². The number of aromatic hydroxyl groups is 1. The molecule has 0 spiro atoms. The number of ether oxygens (including phenoxy) is 1. The van der Waals surface area contributed by atoms with E-state index in [1.165, 1.54) is 0 Å². The van der Waals surface area contributed by atoms with Crippen molar-refractivity contribution >= 4 is 5.91 Å². The van der Waals surface area contributed by atoms with E-state index in [-0.39, 0.29) is 11.8 Å². The molecule has 0 bridgehead atoms. The van der Waals surface area contributed by atoms with Gasteiger partial charge in [0.25, 0.3) is 5.91 Å². The van der Waals surface area contributed by atoms with Crippen LogP contribution in [-0.4, -0.2) is 32.9 Å². The number of rotatable bonds is 7. The highest BCUT2D eigenvalue weighted by molar-refractivity contribution is 5.79. The smallest absolute Gasteiger partial charge is 0.329 e. The van der Waals surface area contributed by atoms with Crippen LogP contribution in [0.1, 0.15) is 31.1 Å². The first-order valence-corrected chi connectivity index (χ1v) is 7.98. The number of nitrogens with one attached hydrogen (secondary N) is 2. The molecule has 0 aliphatic heterocycles. The molecule has 1 heterocycles. The van der Waals surface area contributed by atoms with Crippen LogP contribution in [-0.2, 0) is 17.6 Å². The Morgan fingerprint density at radius 1 is 1.32 bits per heavy atom. The molecule has 1 aromatic carbocycles. The Labute approximate surface area is 145 Å². The number of nitrogens with zero attached hydrogens (tertiary/aromatic N) is 1. The molecule has 4 N–H and O–H groups in total. The number of carbonyl (C=O) groups is 1. The summed E-state index contributed by atoms with van der Waals surface area (Å²) in [6.07, 6.45) is 0.899. The number of hydrogen-bond acceptors (Lipinski definition) is 5. The number of aromatic nitrogens is 2. The molecule has 1 atom stereocenters. The molecule has 2 rings (SSSR count). The highest BCUT2D eigenvalue weighted by atomic mass is 16.5. The van der Waals surface area contributed by atoms with E-state index in [0.29, 0.717) is 18.5 Å². The third-order valence-corrected chi connectivity index (χ3v) is 4.10. The normalized spacial score (nSPS) is 12.2. The molecule has 0 aliphatic carbocycles. The number of aryl methyl sites for hydroxylation is 2. The first kappa shape index (κ1) is 18.6. The summed E-state index contributed by atoms with van der Waals surface area (Å²) in [7, 11) is 1.58. The minimum absolute atomic E-state index is 0.304. The number of hydroxylamine groups is 1. The predicted octanol–water partition coefficient (Wildman–Crippen LogP) is 1.38. The predicted molar refractivity (Wildman–Crippen MR) is 90.9 cm³/mol. The quantitative estimate of drug-likeness (QED) is 0.445. The molecule has 1 unspecified atom stereocenters. The van der Waals surface area contributed by atoms with E-state index in [1.807, 2.05) is 24.3 Å². The first-order chi connectivity index (χ1) is 11.9. The van der Waals surface area contributed by atoms with E-state index in [9.17, 15) is 14.7 Å². The van der Waals surface area contributed by atoms with E-state index in [4.69, 9.17) is 9.94 Å². The highest BCUT2D eigenvalue weighted by Gasteiger charge is 2.29. The second-order valence-electron chi connectivity index (χ2n) is 6.08. The molecule has 0 fully saturated rings. The van der Waals surface area contributed by atoms with Crippen molar-refractivity contribution in [1.82, 2.24) is 15.0 Å². The summed E-state index contributed by atoms with van der Waals surface area (Å²) in [5, 5.41) is 19.3. The fraction of sp³-hybridized carbons (Fsp3) is 0.412. The van der Waals surface area contributed by atoms with Gasteiger partial charge in [0.1, 0.15) is 11.8 Å². The number of hydrogen-bond donors (Lipinski definition) is 4. The van der Waals surface area contributed by atoms with Crippen LogP contribution >= 0.6 is 0 Å². The largest absolute Gasteiger partial charge is 0.496 e. The molecule has 8 heteroatoms. The van der Waals surface area contributed by atoms with Crippen LogP contribution in [0, 0.1) is 5.92 Å². The van der Waals surface area contributed by atoms with Gasteiger partial charge in [-0.05, 0) is 30.4 Å². The zero-order chi connectivity index (χ0) is 18.6. The number of H-pyrrole nitrogens is 1. The van der Waals surface area contributed by atoms with Gasteiger partial charge in [0, 0.05) is 0 Å². The van der Waals surface area contributed by atoms with Crippen molar-refractivity contribution in [2.75, 3.05) is 7.11 Å². The molecular weight excluding hydrogens is 326 g/mol. The van der Waals surface area contributed by atoms with Gasteiger partial charge in [0.15, 0.2) is 0 Å². The van der Waals surface area contributed by atoms with E-state index >= 15 is 0 Å². The summed E-state index contributed by atoms with van der Waals surface area (Å²) in [5.74, 6) is -0.651. The fourth-order valence-electron chi connectivity index (χ4n) is 2.87. The average Bonchev–Trinajstić information content (AvgIpc) is 2.87. The van der Waals surface area contributed by atoms with Gasteiger partial charge in [-0.25, -0.2) is 10.3 Å². The van der Waals surface area contributed by atoms with Gasteiger partial charge < -0.3 is 14.8 Å². The Hall–Kier alpha value is -2.74. The third kappa shape index (κ3) is 3.85. The molecule has 0 radical (unpaired) electrons. The monoisotopic (exact) mass is 349 g/mol. The van der Waals surface area contributed by atoms with E-state index in [1.54, 1.807) is 26.4 Å². The zero-order valence-corrected chi connectivity index (χ0v) is 14.4. The van der Waals surface area contributed by atoms with Gasteiger partial charge >= 0.3 is 5.69 Å². The summed E-state index contributed by atoms with van der Waals surface area (Å²) in [6.45, 7) is 3.43. The minimum Gasteiger partial charge on any atom is -0.496 e. The minimum atomic E-state index is -1.02. The van der Waals surface area contributed by atoms with Crippen molar-refractivity contribution in [2.45, 2.75) is 32.7 Å². The van der Waals surface area contributed by atoms with Gasteiger partial charge in [-0.1, -0.05) is 32.0 Å². The standard InChI is InChI=1S/C17H23N3O5/c1-10(2)14(15(21)19-24)20-16(22)12(18-17(20)23)9-8-11-6-4-5-7-13(11)25-3/h4-7,10,14,22,24H,8-9H2,1-3H3,(H,18,23)(H,19,21). The number of benzene rings is 1. The molecule has 0 saturated carbocycles. The number of amides is 1. The Morgan fingerprint density at radius 2 is 2.00 bits per heavy atom. The summed E-state index contributed by atoms with van der Waals surface area (Å²) in [4.78, 5) is 26.7. The topological polar surface area (TPSA) is 117 Å². The second-order valence-corrected chi connectivity index (χ2v) is 6.08. The van der Waals surface area contributed by atoms with Crippen molar-refractivity contribution in [2.24, 2.45) is 5.92 Å². The van der Waals surface area contributed by atoms with Crippen LogP contribution in [0.25, 0.3) is 0 Å². The molecule has 8 nitrogen and oxygen atoms in total. The third-order valence-electron chi connectivity index (χ3n) is 4.10. The van der Waals surface area contributed by atoms with E-state index < -0.39 is 17.6 Å². The van der Waals surface area contributed by atoms with Gasteiger partial charge in [0.05, 0.1) is 12.8 Å². The Balaban J connectivity index is 2.30. The SMILES string of the molecule is COc1ccccc1CCc1[nH]c(=O)n(C(C(=O)NO)C(C)C)c1O. The summed E-state index contributed by atoms with van der Waals surface area (Å²) in [5.41, 5.74) is 2.20. The van der Waals surface area contributed by atoms with Crippen LogP contribution in [0.2, 0.25) is 0 Å². The zero-order valence-electron chi connectivity index (χ0n) is 14.4. The number of para-hydroxylation sites is 1. The molecule has 1 aromatic heterocycles. The lowest BCUT2D eigenvalue weighted by atomic mass is 10.0. The Kier molecular flexibility index (Phi) is 5.87. The molecule has 25 heavy (non-hydrogen) atoms. The molecule has 0 saturated heterocycles. The summed E-state index contributed by atoms with van der Waals surface area (Å²) >= 11 is 0. The number of imidazole rings is 1. The first-order valence-electron chi connectivity index (χ1n) is 7.98. The summed E-state index contributed by atoms with van der Waals surface area (Å²) < 4.78 is 6.25. The molecule has 136 valence electrons. The van der Waals surface area contributed by atoms with E-state index in [2.05, 4.69) is 4.98 Å². The molecule has 0 aliphatic rings. The van der Waals surface area contributed by atoms with Crippen molar-refractivity contribution in [3.8, 4) is 11.6 Å². The average molecular weight is 349 g/mol. The Morgan fingerprint density at radius 3 is 2.60 bits per heavy atom. The number of carbonyl (C=O) groups excluding carboxylic acids is 1. The van der Waals surface area contributed by atoms with Crippen LogP contribution in [0.5, 0.6) is 11.6 Å². The van der Waals surface area contributed by atoms with Gasteiger partial charge in [-0.15, -0.1) is 0 Å². The lowest BCUT2D eigenvalue weighted by molar-refractivity contribution is -0.134. The van der Waals surface area contributed by atoms with Gasteiger partial charge in [-0.3, -0.25) is 14.6 Å². The molecule has 1 amide bonds. The number of methoxy groups -OCH3 is 1. The molecule has 2 aromatic rings. The highest BCUT2D eigenvalue weighted by Crippen LogP contribution is 2.26. The van der Waals surface area contributed by atoms with Crippen molar-refractivity contribution < 1.29 is 19.8 Å². The van der Waals surface area contributed by atoms with Crippen molar-refractivity contribution in [3.63, 3.8) is 0 Å². The Bertz CT molecular complexity index is 794. The maximum atomic E-state index is 12.2. The molecular formula is C17H23N3O5. The van der Waals surface area contributed by atoms with Crippen LogP contribution < -0.4 is 15.9 Å².